The van der Waals surface area contributed by atoms with Gasteiger partial charge in [-0.2, -0.15) is 0 Å². The van der Waals surface area contributed by atoms with E-state index in [2.05, 4.69) is 21.2 Å². The lowest BCUT2D eigenvalue weighted by molar-refractivity contribution is -0.141. The number of nitrogens with one attached hydrogen (secondary N) is 1. The number of carbonyl (C=O) groups is 2. The number of hydrogen-bond donors (Lipinski definition) is 2. The summed E-state index contributed by atoms with van der Waals surface area (Å²) in [6.45, 7) is 1.98. The quantitative estimate of drug-likeness (QED) is 0.886. The molecule has 1 amide bonds. The monoisotopic (exact) mass is 339 g/mol. The number of amides is 1. The molecule has 0 unspecified atom stereocenters. The third-order valence-electron chi connectivity index (χ3n) is 3.80. The number of rotatable bonds is 4. The van der Waals surface area contributed by atoms with Crippen molar-refractivity contribution in [1.29, 1.82) is 0 Å². The summed E-state index contributed by atoms with van der Waals surface area (Å²) in [4.78, 5) is 22.9. The van der Waals surface area contributed by atoms with Gasteiger partial charge in [-0.25, -0.2) is 0 Å². The molecule has 1 fully saturated rings. The summed E-state index contributed by atoms with van der Waals surface area (Å²) in [5.41, 5.74) is 2.07. The highest BCUT2D eigenvalue weighted by atomic mass is 79.9. The molecule has 0 heterocycles. The molecule has 1 saturated carbocycles. The zero-order valence-corrected chi connectivity index (χ0v) is 12.9. The minimum atomic E-state index is -0.759. The average molecular weight is 340 g/mol. The first-order valence-corrected chi connectivity index (χ1v) is 7.52. The molecular weight excluding hydrogens is 322 g/mol. The topological polar surface area (TPSA) is 66.4 Å². The highest BCUT2D eigenvalue weighted by molar-refractivity contribution is 9.10. The molecule has 0 aromatic heterocycles. The minimum absolute atomic E-state index is 0.000598. The number of halogens is 1. The van der Waals surface area contributed by atoms with E-state index in [-0.39, 0.29) is 17.9 Å². The summed E-state index contributed by atoms with van der Waals surface area (Å²) in [7, 11) is 0. The lowest BCUT2D eigenvalue weighted by Gasteiger charge is -2.13. The van der Waals surface area contributed by atoms with Crippen LogP contribution >= 0.6 is 15.9 Å². The number of aliphatic carboxylic acids is 1. The molecule has 5 heteroatoms. The van der Waals surface area contributed by atoms with E-state index in [1.54, 1.807) is 0 Å². The summed E-state index contributed by atoms with van der Waals surface area (Å²) >= 11 is 3.40. The molecule has 1 aliphatic carbocycles. The van der Waals surface area contributed by atoms with Crippen LogP contribution < -0.4 is 5.32 Å². The lowest BCUT2D eigenvalue weighted by Crippen LogP contribution is -2.34. The number of benzene rings is 1. The molecule has 0 radical (unpaired) electrons. The zero-order valence-electron chi connectivity index (χ0n) is 11.4. The molecule has 108 valence electrons. The van der Waals surface area contributed by atoms with Crippen LogP contribution in [0.4, 0.5) is 0 Å². The van der Waals surface area contributed by atoms with Gasteiger partial charge < -0.3 is 10.4 Å². The largest absolute Gasteiger partial charge is 0.481 e. The molecule has 2 atom stereocenters. The summed E-state index contributed by atoms with van der Waals surface area (Å²) in [6, 6.07) is 5.84. The van der Waals surface area contributed by atoms with Gasteiger partial charge in [-0.05, 0) is 49.4 Å². The van der Waals surface area contributed by atoms with E-state index in [4.69, 9.17) is 5.11 Å². The molecule has 0 bridgehead atoms. The van der Waals surface area contributed by atoms with Gasteiger partial charge in [0.1, 0.15) is 0 Å². The van der Waals surface area contributed by atoms with Crippen LogP contribution in [-0.2, 0) is 16.0 Å². The Morgan fingerprint density at radius 1 is 1.40 bits per heavy atom. The third kappa shape index (κ3) is 3.82. The van der Waals surface area contributed by atoms with E-state index in [1.807, 2.05) is 25.1 Å². The van der Waals surface area contributed by atoms with E-state index in [1.165, 1.54) is 0 Å². The van der Waals surface area contributed by atoms with E-state index >= 15 is 0 Å². The first kappa shape index (κ1) is 15.0. The van der Waals surface area contributed by atoms with Crippen LogP contribution in [0.25, 0.3) is 0 Å². The fourth-order valence-corrected chi connectivity index (χ4v) is 3.12. The zero-order chi connectivity index (χ0) is 14.7. The van der Waals surface area contributed by atoms with Crippen molar-refractivity contribution in [2.75, 3.05) is 0 Å². The Morgan fingerprint density at radius 2 is 2.15 bits per heavy atom. The van der Waals surface area contributed by atoms with Gasteiger partial charge in [-0.1, -0.05) is 22.0 Å². The Balaban J connectivity index is 1.88. The Kier molecular flexibility index (Phi) is 4.81. The molecule has 20 heavy (non-hydrogen) atoms. The third-order valence-corrected chi connectivity index (χ3v) is 4.30. The molecule has 0 aliphatic heterocycles. The fourth-order valence-electron chi connectivity index (χ4n) is 2.65. The van der Waals surface area contributed by atoms with Gasteiger partial charge in [0.15, 0.2) is 0 Å². The number of carboxylic acids is 1. The normalized spacial score (nSPS) is 21.7. The van der Waals surface area contributed by atoms with Crippen LogP contribution in [0, 0.1) is 12.8 Å². The van der Waals surface area contributed by atoms with Crippen molar-refractivity contribution in [3.63, 3.8) is 0 Å². The Labute approximate surface area is 126 Å². The Morgan fingerprint density at radius 3 is 2.75 bits per heavy atom. The maximum absolute atomic E-state index is 12.0. The van der Waals surface area contributed by atoms with Crippen LogP contribution in [0.2, 0.25) is 0 Å². The van der Waals surface area contributed by atoms with Gasteiger partial charge in [0.05, 0.1) is 12.3 Å². The van der Waals surface area contributed by atoms with Crippen LogP contribution in [-0.4, -0.2) is 23.0 Å². The summed E-state index contributed by atoms with van der Waals surface area (Å²) < 4.78 is 0.999. The number of aryl methyl sites for hydroxylation is 1. The Hall–Kier alpha value is -1.36. The van der Waals surface area contributed by atoms with Crippen LogP contribution in [0.15, 0.2) is 22.7 Å². The predicted octanol–water partition coefficient (Wildman–Crippen LogP) is 2.67. The first-order chi connectivity index (χ1) is 9.45. The second-order valence-electron chi connectivity index (χ2n) is 5.36. The van der Waals surface area contributed by atoms with E-state index in [0.29, 0.717) is 19.3 Å². The first-order valence-electron chi connectivity index (χ1n) is 6.73. The lowest BCUT2D eigenvalue weighted by atomic mass is 10.1. The number of hydrogen-bond acceptors (Lipinski definition) is 2. The summed E-state index contributed by atoms with van der Waals surface area (Å²) in [6.07, 6.45) is 2.29. The fraction of sp³-hybridized carbons (Fsp3) is 0.467. The molecule has 1 aliphatic rings. The molecule has 2 rings (SSSR count). The van der Waals surface area contributed by atoms with Gasteiger partial charge in [0.2, 0.25) is 5.91 Å². The van der Waals surface area contributed by atoms with Crippen LogP contribution in [0.5, 0.6) is 0 Å². The van der Waals surface area contributed by atoms with Gasteiger partial charge in [-0.3, -0.25) is 9.59 Å². The van der Waals surface area contributed by atoms with E-state index < -0.39 is 5.97 Å². The molecular formula is C15H18BrNO3. The molecule has 2 N–H and O–H groups in total. The SMILES string of the molecule is Cc1cc(Br)ccc1CC(=O)N[C@@H]1CC[C@H](C(=O)O)C1. The molecule has 4 nitrogen and oxygen atoms in total. The second-order valence-corrected chi connectivity index (χ2v) is 6.28. The highest BCUT2D eigenvalue weighted by Crippen LogP contribution is 2.25. The predicted molar refractivity (Wildman–Crippen MR) is 79.5 cm³/mol. The number of carbonyl (C=O) groups excluding carboxylic acids is 1. The van der Waals surface area contributed by atoms with Crippen molar-refractivity contribution in [2.24, 2.45) is 5.92 Å². The standard InChI is InChI=1S/C15H18BrNO3/c1-9-6-12(16)4-2-10(9)8-14(18)17-13-5-3-11(7-13)15(19)20/h2,4,6,11,13H,3,5,7-8H2,1H3,(H,17,18)(H,19,20)/t11-,13+/m0/s1. The summed E-state index contributed by atoms with van der Waals surface area (Å²) in [5.74, 6) is -1.10. The summed E-state index contributed by atoms with van der Waals surface area (Å²) in [5, 5.41) is 11.9. The molecule has 0 saturated heterocycles. The highest BCUT2D eigenvalue weighted by Gasteiger charge is 2.30. The van der Waals surface area contributed by atoms with Gasteiger partial charge >= 0.3 is 5.97 Å². The molecule has 0 spiro atoms. The van der Waals surface area contributed by atoms with Crippen molar-refractivity contribution < 1.29 is 14.7 Å². The maximum Gasteiger partial charge on any atom is 0.306 e. The van der Waals surface area contributed by atoms with E-state index in [0.717, 1.165) is 22.0 Å². The van der Waals surface area contributed by atoms with Gasteiger partial charge in [-0.15, -0.1) is 0 Å². The Bertz CT molecular complexity index is 530. The number of carboxylic acid groups (broad SMARTS) is 1. The smallest absolute Gasteiger partial charge is 0.306 e. The minimum Gasteiger partial charge on any atom is -0.481 e. The van der Waals surface area contributed by atoms with Crippen LogP contribution in [0.1, 0.15) is 30.4 Å². The average Bonchev–Trinajstić information content (AvgIpc) is 2.81. The second kappa shape index (κ2) is 6.39. The van der Waals surface area contributed by atoms with E-state index in [9.17, 15) is 9.59 Å². The van der Waals surface area contributed by atoms with Crippen molar-refractivity contribution in [2.45, 2.75) is 38.6 Å². The maximum atomic E-state index is 12.0. The molecule has 1 aromatic rings. The van der Waals surface area contributed by atoms with Crippen molar-refractivity contribution >= 4 is 27.8 Å². The van der Waals surface area contributed by atoms with Gasteiger partial charge in [0, 0.05) is 10.5 Å². The molecule has 1 aromatic carbocycles. The van der Waals surface area contributed by atoms with Gasteiger partial charge in [0.25, 0.3) is 0 Å². The van der Waals surface area contributed by atoms with Crippen LogP contribution in [0.3, 0.4) is 0 Å². The van der Waals surface area contributed by atoms with Crippen molar-refractivity contribution in [3.8, 4) is 0 Å². The van der Waals surface area contributed by atoms with Crippen molar-refractivity contribution in [3.05, 3.63) is 33.8 Å². The van der Waals surface area contributed by atoms with Crippen molar-refractivity contribution in [1.82, 2.24) is 5.32 Å².